The van der Waals surface area contributed by atoms with Gasteiger partial charge in [0, 0.05) is 33.7 Å². The predicted molar refractivity (Wildman–Crippen MR) is 153 cm³/mol. The van der Waals surface area contributed by atoms with E-state index in [0.717, 1.165) is 12.0 Å². The molecule has 1 saturated heterocycles. The first-order valence-electron chi connectivity index (χ1n) is 14.4. The number of methoxy groups -OCH3 is 1. The summed E-state index contributed by atoms with van der Waals surface area (Å²) in [5.74, 6) is -1.91. The Morgan fingerprint density at radius 2 is 1.73 bits per heavy atom. The van der Waals surface area contributed by atoms with Gasteiger partial charge < -0.3 is 30.5 Å². The van der Waals surface area contributed by atoms with Crippen molar-refractivity contribution in [3.05, 3.63) is 35.9 Å². The van der Waals surface area contributed by atoms with E-state index < -0.39 is 47.2 Å². The van der Waals surface area contributed by atoms with Crippen LogP contribution in [0.25, 0.3) is 0 Å². The van der Waals surface area contributed by atoms with Gasteiger partial charge in [0.05, 0.1) is 18.6 Å². The van der Waals surface area contributed by atoms with Crippen molar-refractivity contribution < 1.29 is 28.7 Å². The van der Waals surface area contributed by atoms with Crippen LogP contribution in [0, 0.1) is 11.3 Å². The minimum atomic E-state index is -0.900. The highest BCUT2D eigenvalue weighted by Gasteiger charge is 2.46. The van der Waals surface area contributed by atoms with Crippen molar-refractivity contribution in [1.82, 2.24) is 25.8 Å². The van der Waals surface area contributed by atoms with E-state index >= 15 is 0 Å². The molecule has 0 radical (unpaired) electrons. The molecular formula is C30H45N5O6. The van der Waals surface area contributed by atoms with Crippen molar-refractivity contribution in [2.45, 2.75) is 71.0 Å². The van der Waals surface area contributed by atoms with Crippen molar-refractivity contribution in [2.24, 2.45) is 11.3 Å². The summed E-state index contributed by atoms with van der Waals surface area (Å²) in [5.41, 5.74) is 0.159. The molecule has 11 nitrogen and oxygen atoms in total. The van der Waals surface area contributed by atoms with E-state index in [1.807, 2.05) is 44.2 Å². The molecular weight excluding hydrogens is 526 g/mol. The molecule has 11 heteroatoms. The Balaban J connectivity index is 1.92. The monoisotopic (exact) mass is 571 g/mol. The first-order chi connectivity index (χ1) is 19.5. The molecule has 2 aliphatic rings. The van der Waals surface area contributed by atoms with Crippen LogP contribution in [0.4, 0.5) is 0 Å². The van der Waals surface area contributed by atoms with Gasteiger partial charge >= 0.3 is 0 Å². The lowest BCUT2D eigenvalue weighted by molar-refractivity contribution is -0.154. The maximum Gasteiger partial charge on any atom is 0.245 e. The first kappa shape index (κ1) is 32.0. The van der Waals surface area contributed by atoms with Crippen LogP contribution >= 0.6 is 0 Å². The minimum Gasteiger partial charge on any atom is -0.384 e. The van der Waals surface area contributed by atoms with Crippen LogP contribution in [0.3, 0.4) is 0 Å². The van der Waals surface area contributed by atoms with Crippen LogP contribution < -0.4 is 16.0 Å². The van der Waals surface area contributed by atoms with Crippen LogP contribution in [0.15, 0.2) is 30.3 Å². The minimum absolute atomic E-state index is 0.0821. The molecule has 3 N–H and O–H groups in total. The number of ether oxygens (including phenoxy) is 1. The quantitative estimate of drug-likeness (QED) is 0.444. The van der Waals surface area contributed by atoms with Gasteiger partial charge in [0.25, 0.3) is 0 Å². The number of amides is 5. The Bertz CT molecular complexity index is 1090. The second kappa shape index (κ2) is 14.4. The molecule has 3 atom stereocenters. The number of carbonyl (C=O) groups excluding carboxylic acids is 5. The van der Waals surface area contributed by atoms with Gasteiger partial charge in [-0.3, -0.25) is 24.0 Å². The molecule has 226 valence electrons. The number of hydrogen-bond donors (Lipinski definition) is 3. The van der Waals surface area contributed by atoms with E-state index in [-0.39, 0.29) is 44.5 Å². The topological polar surface area (TPSA) is 137 Å². The normalized spacial score (nSPS) is 24.5. The van der Waals surface area contributed by atoms with Crippen molar-refractivity contribution in [3.8, 4) is 0 Å². The second-order valence-corrected chi connectivity index (χ2v) is 11.7. The van der Waals surface area contributed by atoms with Crippen molar-refractivity contribution in [3.63, 3.8) is 0 Å². The zero-order valence-corrected chi connectivity index (χ0v) is 24.9. The lowest BCUT2D eigenvalue weighted by Gasteiger charge is -2.43. The van der Waals surface area contributed by atoms with Gasteiger partial charge in [0.1, 0.15) is 18.1 Å². The number of likely N-dealkylation sites (N-methyl/N-ethyl adjacent to an activating group) is 1. The standard InChI is InChI=1S/C30H45N5O6/c1-20(2)16-24-28(39)34(4)21(3)26(37)33-23(17-22-10-7-6-8-11-22)27(38)31-14-15-35(18-25(36)32-24)29(40)30(19-41-5)12-9-13-30/h6-8,10-11,20-21,23-24H,9,12-19H2,1-5H3,(H,31,38)(H,32,36)(H,33,37)/t21-,23-,24-/m0/s1. The summed E-state index contributed by atoms with van der Waals surface area (Å²) in [6.07, 6.45) is 2.82. The zero-order chi connectivity index (χ0) is 30.2. The van der Waals surface area contributed by atoms with E-state index in [2.05, 4.69) is 16.0 Å². The molecule has 1 heterocycles. The highest BCUT2D eigenvalue weighted by Crippen LogP contribution is 2.42. The number of nitrogens with one attached hydrogen (secondary N) is 3. The lowest BCUT2D eigenvalue weighted by atomic mass is 9.68. The Kier molecular flexibility index (Phi) is 11.3. The third-order valence-corrected chi connectivity index (χ3v) is 8.05. The molecule has 1 aromatic carbocycles. The van der Waals surface area contributed by atoms with Gasteiger partial charge in [-0.2, -0.15) is 0 Å². The van der Waals surface area contributed by atoms with Gasteiger partial charge in [0.2, 0.25) is 29.5 Å². The molecule has 1 aliphatic heterocycles. The lowest BCUT2D eigenvalue weighted by Crippen LogP contribution is -2.57. The number of carbonyl (C=O) groups is 5. The van der Waals surface area contributed by atoms with Crippen LogP contribution in [-0.4, -0.2) is 97.9 Å². The van der Waals surface area contributed by atoms with E-state index in [1.54, 1.807) is 14.0 Å². The highest BCUT2D eigenvalue weighted by atomic mass is 16.5. The molecule has 3 rings (SSSR count). The van der Waals surface area contributed by atoms with Crippen LogP contribution in [0.1, 0.15) is 52.0 Å². The van der Waals surface area contributed by atoms with Crippen LogP contribution in [-0.2, 0) is 35.1 Å². The van der Waals surface area contributed by atoms with Crippen LogP contribution in [0.5, 0.6) is 0 Å². The molecule has 1 aliphatic carbocycles. The fourth-order valence-corrected chi connectivity index (χ4v) is 5.40. The summed E-state index contributed by atoms with van der Waals surface area (Å²) in [5, 5.41) is 8.47. The van der Waals surface area contributed by atoms with Crippen molar-refractivity contribution >= 4 is 29.5 Å². The molecule has 5 amide bonds. The highest BCUT2D eigenvalue weighted by molar-refractivity contribution is 5.95. The predicted octanol–water partition coefficient (Wildman–Crippen LogP) is 0.867. The fraction of sp³-hybridized carbons (Fsp3) is 0.633. The van der Waals surface area contributed by atoms with Crippen molar-refractivity contribution in [1.29, 1.82) is 0 Å². The summed E-state index contributed by atoms with van der Waals surface area (Å²) in [6.45, 7) is 5.64. The molecule has 0 bridgehead atoms. The van der Waals surface area contributed by atoms with Crippen molar-refractivity contribution in [2.75, 3.05) is 40.4 Å². The molecule has 1 aromatic rings. The summed E-state index contributed by atoms with van der Waals surface area (Å²) in [6, 6.07) is 6.66. The molecule has 0 aromatic heterocycles. The van der Waals surface area contributed by atoms with E-state index in [9.17, 15) is 24.0 Å². The Hall–Kier alpha value is -3.47. The Morgan fingerprint density at radius 3 is 2.32 bits per heavy atom. The molecule has 0 spiro atoms. The molecule has 41 heavy (non-hydrogen) atoms. The summed E-state index contributed by atoms with van der Waals surface area (Å²) in [7, 11) is 3.06. The van der Waals surface area contributed by atoms with E-state index in [4.69, 9.17) is 4.74 Å². The van der Waals surface area contributed by atoms with Gasteiger partial charge in [-0.1, -0.05) is 50.6 Å². The third-order valence-electron chi connectivity index (χ3n) is 8.05. The largest absolute Gasteiger partial charge is 0.384 e. The summed E-state index contributed by atoms with van der Waals surface area (Å²) in [4.78, 5) is 69.8. The van der Waals surface area contributed by atoms with E-state index in [1.165, 1.54) is 16.8 Å². The van der Waals surface area contributed by atoms with Gasteiger partial charge in [-0.05, 0) is 37.7 Å². The average Bonchev–Trinajstić information content (AvgIpc) is 2.91. The van der Waals surface area contributed by atoms with Gasteiger partial charge in [-0.25, -0.2) is 0 Å². The van der Waals surface area contributed by atoms with Crippen LogP contribution in [0.2, 0.25) is 0 Å². The molecule has 0 unspecified atom stereocenters. The smallest absolute Gasteiger partial charge is 0.245 e. The maximum atomic E-state index is 13.7. The Morgan fingerprint density at radius 1 is 1.05 bits per heavy atom. The number of rotatable bonds is 7. The fourth-order valence-electron chi connectivity index (χ4n) is 5.40. The van der Waals surface area contributed by atoms with Gasteiger partial charge in [-0.15, -0.1) is 0 Å². The first-order valence-corrected chi connectivity index (χ1v) is 14.4. The number of nitrogens with zero attached hydrogens (tertiary/aromatic N) is 2. The number of benzene rings is 1. The number of hydrogen-bond acceptors (Lipinski definition) is 6. The average molecular weight is 572 g/mol. The Labute approximate surface area is 242 Å². The van der Waals surface area contributed by atoms with Gasteiger partial charge in [0.15, 0.2) is 0 Å². The maximum absolute atomic E-state index is 13.7. The van der Waals surface area contributed by atoms with E-state index in [0.29, 0.717) is 19.3 Å². The SMILES string of the molecule is COCC1(C(=O)N2CCNC(=O)[C@H](Cc3ccccc3)NC(=O)[C@H](C)N(C)C(=O)[C@H](CC(C)C)NC(=O)C2)CCC1. The molecule has 1 saturated carbocycles. The summed E-state index contributed by atoms with van der Waals surface area (Å²) >= 11 is 0. The second-order valence-electron chi connectivity index (χ2n) is 11.7. The summed E-state index contributed by atoms with van der Waals surface area (Å²) < 4.78 is 5.36. The third kappa shape index (κ3) is 8.28. The zero-order valence-electron chi connectivity index (χ0n) is 24.9. The molecule has 2 fully saturated rings.